The van der Waals surface area contributed by atoms with Crippen LogP contribution in [0.25, 0.3) is 0 Å². The second-order valence-corrected chi connectivity index (χ2v) is 5.75. The average Bonchev–Trinajstić information content (AvgIpc) is 2.78. The molecule has 1 saturated heterocycles. The molecule has 0 bridgehead atoms. The molecule has 1 unspecified atom stereocenters. The fraction of sp³-hybridized carbons (Fsp3) is 0.917. The first-order valence-corrected chi connectivity index (χ1v) is 5.89. The Hall–Kier alpha value is -0.770. The minimum atomic E-state index is -0.448. The van der Waals surface area contributed by atoms with Crippen LogP contribution < -0.4 is 5.32 Å². The first kappa shape index (κ1) is 13.3. The topological polar surface area (TPSA) is 50.9 Å². The highest BCUT2D eigenvalue weighted by atomic mass is 16.6. The maximum absolute atomic E-state index is 11.6. The zero-order valence-corrected chi connectivity index (χ0v) is 10.9. The Bertz CT molecular complexity index is 241. The molecular formula is C12H23NO3. The molecular weight excluding hydrogens is 206 g/mol. The number of amides is 1. The van der Waals surface area contributed by atoms with Gasteiger partial charge >= 0.3 is 6.09 Å². The minimum absolute atomic E-state index is 0.0786. The standard InChI is InChI=1S/C12H23NO3/c1-8(2)6-9(10-7-15-10)13-11(14)16-12(3,4)5/h8-10H,6-7H2,1-5H3,(H,13,14)/t9?,10-/m1/s1. The highest BCUT2D eigenvalue weighted by Crippen LogP contribution is 2.20. The summed E-state index contributed by atoms with van der Waals surface area (Å²) >= 11 is 0. The van der Waals surface area contributed by atoms with Crippen molar-refractivity contribution in [3.63, 3.8) is 0 Å². The number of alkyl carbamates (subject to hydrolysis) is 1. The van der Waals surface area contributed by atoms with Gasteiger partial charge in [-0.25, -0.2) is 4.79 Å². The number of carbonyl (C=O) groups is 1. The second kappa shape index (κ2) is 5.04. The molecule has 0 radical (unpaired) electrons. The van der Waals surface area contributed by atoms with Gasteiger partial charge in [0.2, 0.25) is 0 Å². The van der Waals surface area contributed by atoms with Crippen LogP contribution in [-0.2, 0) is 9.47 Å². The van der Waals surface area contributed by atoms with Gasteiger partial charge in [-0.1, -0.05) is 13.8 Å². The van der Waals surface area contributed by atoms with E-state index in [9.17, 15) is 4.79 Å². The molecule has 0 aromatic heterocycles. The van der Waals surface area contributed by atoms with Crippen molar-refractivity contribution in [1.82, 2.24) is 5.32 Å². The van der Waals surface area contributed by atoms with Crippen LogP contribution >= 0.6 is 0 Å². The summed E-state index contributed by atoms with van der Waals surface area (Å²) in [4.78, 5) is 11.6. The summed E-state index contributed by atoms with van der Waals surface area (Å²) in [6, 6.07) is 0.0786. The Balaban J connectivity index is 2.39. The monoisotopic (exact) mass is 229 g/mol. The quantitative estimate of drug-likeness (QED) is 0.753. The third-order valence-electron chi connectivity index (χ3n) is 2.24. The van der Waals surface area contributed by atoms with Crippen LogP contribution in [0.4, 0.5) is 4.79 Å². The second-order valence-electron chi connectivity index (χ2n) is 5.75. The molecule has 0 aromatic carbocycles. The number of hydrogen-bond donors (Lipinski definition) is 1. The van der Waals surface area contributed by atoms with Crippen molar-refractivity contribution in [1.29, 1.82) is 0 Å². The summed E-state index contributed by atoms with van der Waals surface area (Å²) in [6.45, 7) is 10.6. The lowest BCUT2D eigenvalue weighted by molar-refractivity contribution is 0.0488. The van der Waals surface area contributed by atoms with Crippen LogP contribution in [0.2, 0.25) is 0 Å². The summed E-state index contributed by atoms with van der Waals surface area (Å²) < 4.78 is 10.5. The number of ether oxygens (including phenoxy) is 2. The van der Waals surface area contributed by atoms with Gasteiger partial charge in [-0.3, -0.25) is 0 Å². The van der Waals surface area contributed by atoms with Crippen LogP contribution in [0.3, 0.4) is 0 Å². The summed E-state index contributed by atoms with van der Waals surface area (Å²) in [5.41, 5.74) is -0.448. The lowest BCUT2D eigenvalue weighted by atomic mass is 10.0. The molecule has 4 heteroatoms. The Morgan fingerprint density at radius 3 is 2.44 bits per heavy atom. The molecule has 0 aliphatic carbocycles. The zero-order valence-electron chi connectivity index (χ0n) is 10.9. The van der Waals surface area contributed by atoms with Crippen molar-refractivity contribution in [3.8, 4) is 0 Å². The predicted molar refractivity (Wildman–Crippen MR) is 62.4 cm³/mol. The van der Waals surface area contributed by atoms with Crippen molar-refractivity contribution in [2.75, 3.05) is 6.61 Å². The summed E-state index contributed by atoms with van der Waals surface area (Å²) in [5, 5.41) is 2.88. The van der Waals surface area contributed by atoms with E-state index in [2.05, 4.69) is 19.2 Å². The maximum atomic E-state index is 11.6. The SMILES string of the molecule is CC(C)CC(NC(=O)OC(C)(C)C)[C@H]1CO1. The average molecular weight is 229 g/mol. The Kier molecular flexibility index (Phi) is 4.19. The highest BCUT2D eigenvalue weighted by Gasteiger charge is 2.35. The number of nitrogens with one attached hydrogen (secondary N) is 1. The van der Waals surface area contributed by atoms with Gasteiger partial charge in [-0.15, -0.1) is 0 Å². The molecule has 1 heterocycles. The predicted octanol–water partition coefficient (Wildman–Crippen LogP) is 2.32. The molecule has 1 N–H and O–H groups in total. The first-order chi connectivity index (χ1) is 7.28. The number of hydrogen-bond acceptors (Lipinski definition) is 3. The van der Waals surface area contributed by atoms with E-state index in [1.54, 1.807) is 0 Å². The maximum Gasteiger partial charge on any atom is 0.407 e. The van der Waals surface area contributed by atoms with Crippen LogP contribution in [0.15, 0.2) is 0 Å². The molecule has 0 aromatic rings. The van der Waals surface area contributed by atoms with Crippen molar-refractivity contribution in [2.24, 2.45) is 5.92 Å². The van der Waals surface area contributed by atoms with Crippen molar-refractivity contribution < 1.29 is 14.3 Å². The lowest BCUT2D eigenvalue weighted by Crippen LogP contribution is -2.42. The fourth-order valence-corrected chi connectivity index (χ4v) is 1.56. The summed E-state index contributed by atoms with van der Waals surface area (Å²) in [5.74, 6) is 0.532. The number of epoxide rings is 1. The van der Waals surface area contributed by atoms with Crippen molar-refractivity contribution >= 4 is 6.09 Å². The van der Waals surface area contributed by atoms with E-state index in [0.717, 1.165) is 13.0 Å². The summed E-state index contributed by atoms with van der Waals surface area (Å²) in [7, 11) is 0. The van der Waals surface area contributed by atoms with Gasteiger partial charge in [0.05, 0.1) is 12.6 Å². The number of carbonyl (C=O) groups excluding carboxylic acids is 1. The molecule has 1 aliphatic rings. The van der Waals surface area contributed by atoms with E-state index < -0.39 is 5.60 Å². The van der Waals surface area contributed by atoms with Gasteiger partial charge in [0.25, 0.3) is 0 Å². The van der Waals surface area contributed by atoms with E-state index in [1.807, 2.05) is 20.8 Å². The van der Waals surface area contributed by atoms with Crippen molar-refractivity contribution in [2.45, 2.75) is 58.8 Å². The van der Waals surface area contributed by atoms with Crippen molar-refractivity contribution in [3.05, 3.63) is 0 Å². The van der Waals surface area contributed by atoms with Gasteiger partial charge < -0.3 is 14.8 Å². The number of rotatable bonds is 4. The first-order valence-electron chi connectivity index (χ1n) is 5.89. The van der Waals surface area contributed by atoms with Gasteiger partial charge in [-0.2, -0.15) is 0 Å². The van der Waals surface area contributed by atoms with E-state index in [1.165, 1.54) is 0 Å². The van der Waals surface area contributed by atoms with Crippen LogP contribution in [0.5, 0.6) is 0 Å². The van der Waals surface area contributed by atoms with Crippen LogP contribution in [-0.4, -0.2) is 30.4 Å². The molecule has 16 heavy (non-hydrogen) atoms. The van der Waals surface area contributed by atoms with E-state index >= 15 is 0 Å². The van der Waals surface area contributed by atoms with Crippen LogP contribution in [0.1, 0.15) is 41.0 Å². The minimum Gasteiger partial charge on any atom is -0.444 e. The molecule has 1 aliphatic heterocycles. The van der Waals surface area contributed by atoms with Gasteiger partial charge in [0.15, 0.2) is 0 Å². The van der Waals surface area contributed by atoms with E-state index in [-0.39, 0.29) is 18.2 Å². The van der Waals surface area contributed by atoms with E-state index in [4.69, 9.17) is 9.47 Å². The van der Waals surface area contributed by atoms with E-state index in [0.29, 0.717) is 5.92 Å². The van der Waals surface area contributed by atoms with Crippen LogP contribution in [0, 0.1) is 5.92 Å². The molecule has 1 fully saturated rings. The molecule has 0 saturated carbocycles. The molecule has 94 valence electrons. The van der Waals surface area contributed by atoms with Gasteiger partial charge in [0, 0.05) is 0 Å². The Morgan fingerprint density at radius 2 is 2.06 bits per heavy atom. The summed E-state index contributed by atoms with van der Waals surface area (Å²) in [6.07, 6.45) is 0.743. The highest BCUT2D eigenvalue weighted by molar-refractivity contribution is 5.68. The van der Waals surface area contributed by atoms with Gasteiger partial charge in [0.1, 0.15) is 11.7 Å². The zero-order chi connectivity index (χ0) is 12.3. The fourth-order valence-electron chi connectivity index (χ4n) is 1.56. The molecule has 4 nitrogen and oxygen atoms in total. The molecule has 1 amide bonds. The molecule has 1 rings (SSSR count). The van der Waals surface area contributed by atoms with Gasteiger partial charge in [-0.05, 0) is 33.1 Å². The largest absolute Gasteiger partial charge is 0.444 e. The Labute approximate surface area is 97.7 Å². The molecule has 0 spiro atoms. The Morgan fingerprint density at radius 1 is 1.50 bits per heavy atom. The third kappa shape index (κ3) is 5.35. The molecule has 2 atom stereocenters. The normalized spacial score (nSPS) is 21.8. The smallest absolute Gasteiger partial charge is 0.407 e. The lowest BCUT2D eigenvalue weighted by Gasteiger charge is -2.23. The third-order valence-corrected chi connectivity index (χ3v) is 2.24.